The Kier molecular flexibility index (Phi) is 8.51. The normalized spacial score (nSPS) is 13.8. The first kappa shape index (κ1) is 38.3. The molecule has 1 aromatic heterocycles. The van der Waals surface area contributed by atoms with Crippen LogP contribution in [0, 0.1) is 0 Å². The number of fused-ring (bicyclic) bond motifs is 9. The van der Waals surface area contributed by atoms with Crippen molar-refractivity contribution in [1.29, 1.82) is 0 Å². The number of para-hydroxylation sites is 1. The Hall–Kier alpha value is -8.20. The second kappa shape index (κ2) is 14.7. The molecular formula is C64H45NO. The van der Waals surface area contributed by atoms with Crippen molar-refractivity contribution in [3.05, 3.63) is 270 Å². The maximum atomic E-state index is 6.89. The van der Waals surface area contributed by atoms with Crippen LogP contribution in [0.1, 0.15) is 47.2 Å². The molecule has 0 saturated carbocycles. The monoisotopic (exact) mass is 843 g/mol. The second-order valence-electron chi connectivity index (χ2n) is 18.4. The fourth-order valence-corrected chi connectivity index (χ4v) is 11.6. The summed E-state index contributed by atoms with van der Waals surface area (Å²) < 4.78 is 6.89. The smallest absolute Gasteiger partial charge is 0.136 e. The minimum atomic E-state index is -0.645. The number of hydrogen-bond acceptors (Lipinski definition) is 2. The molecule has 0 fully saturated rings. The van der Waals surface area contributed by atoms with E-state index in [1.807, 2.05) is 0 Å². The largest absolute Gasteiger partial charge is 0.456 e. The molecule has 66 heavy (non-hydrogen) atoms. The number of rotatable bonds is 7. The van der Waals surface area contributed by atoms with Gasteiger partial charge in [0.2, 0.25) is 0 Å². The zero-order valence-corrected chi connectivity index (χ0v) is 36.9. The Labute approximate surface area is 385 Å². The lowest BCUT2D eigenvalue weighted by molar-refractivity contribution is 0.660. The van der Waals surface area contributed by atoms with Crippen LogP contribution >= 0.6 is 0 Å². The van der Waals surface area contributed by atoms with Gasteiger partial charge >= 0.3 is 0 Å². The van der Waals surface area contributed by atoms with Crippen LogP contribution in [-0.4, -0.2) is 0 Å². The average molecular weight is 844 g/mol. The third kappa shape index (κ3) is 5.55. The summed E-state index contributed by atoms with van der Waals surface area (Å²) in [7, 11) is 0. The van der Waals surface area contributed by atoms with Crippen molar-refractivity contribution in [3.63, 3.8) is 0 Å². The Bertz CT molecular complexity index is 3600. The summed E-state index contributed by atoms with van der Waals surface area (Å²) in [5.41, 5.74) is 21.7. The Morgan fingerprint density at radius 3 is 1.61 bits per heavy atom. The van der Waals surface area contributed by atoms with Gasteiger partial charge in [0.05, 0.1) is 5.41 Å². The molecule has 2 heteroatoms. The van der Waals surface area contributed by atoms with Gasteiger partial charge < -0.3 is 9.32 Å². The van der Waals surface area contributed by atoms with Gasteiger partial charge in [0.1, 0.15) is 11.2 Å². The average Bonchev–Trinajstić information content (AvgIpc) is 3.98. The van der Waals surface area contributed by atoms with E-state index in [-0.39, 0.29) is 5.41 Å². The van der Waals surface area contributed by atoms with Crippen molar-refractivity contribution in [2.45, 2.75) is 24.7 Å². The molecule has 2 aliphatic rings. The van der Waals surface area contributed by atoms with Gasteiger partial charge in [-0.25, -0.2) is 0 Å². The van der Waals surface area contributed by atoms with Crippen molar-refractivity contribution >= 4 is 39.0 Å². The lowest BCUT2D eigenvalue weighted by Gasteiger charge is -2.34. The Morgan fingerprint density at radius 1 is 0.348 bits per heavy atom. The molecule has 0 N–H and O–H groups in total. The lowest BCUT2D eigenvalue weighted by atomic mass is 9.67. The van der Waals surface area contributed by atoms with Crippen molar-refractivity contribution < 1.29 is 4.42 Å². The standard InChI is InChI=1S/C64H45NO/c1-63(2)54-29-17-15-27-50(54)51-37-35-49(40-56(51)63)65(47-33-31-43(32-34-47)42-19-7-3-8-20-42)48-36-38-55-53(39-48)61-57(64(55,45-23-11-5-12-24-45)46-25-13-6-14-26-46)41-59-62(52-28-16-18-30-58(52)66-59)60(61)44-21-9-4-10-22-44/h3-41H,1-2H3. The molecule has 0 aliphatic heterocycles. The van der Waals surface area contributed by atoms with Gasteiger partial charge in [-0.2, -0.15) is 0 Å². The zero-order chi connectivity index (χ0) is 44.0. The second-order valence-corrected chi connectivity index (χ2v) is 18.4. The van der Waals surface area contributed by atoms with Crippen LogP contribution in [0.25, 0.3) is 66.4 Å². The van der Waals surface area contributed by atoms with E-state index >= 15 is 0 Å². The molecule has 312 valence electrons. The molecule has 13 rings (SSSR count). The SMILES string of the molecule is CC1(C)c2ccccc2-c2ccc(N(c3ccc(-c4ccccc4)cc3)c3ccc4c(c3)-c3c(cc5oc6ccccc6c5c3-c3ccccc3)C4(c3ccccc3)c3ccccc3)cc21. The van der Waals surface area contributed by atoms with Crippen LogP contribution < -0.4 is 4.90 Å². The van der Waals surface area contributed by atoms with E-state index in [0.717, 1.165) is 44.6 Å². The Balaban J connectivity index is 1.12. The van der Waals surface area contributed by atoms with Gasteiger partial charge in [-0.1, -0.05) is 202 Å². The van der Waals surface area contributed by atoms with Crippen molar-refractivity contribution in [3.8, 4) is 44.5 Å². The predicted molar refractivity (Wildman–Crippen MR) is 274 cm³/mol. The number of benzene rings is 10. The molecule has 0 atom stereocenters. The van der Waals surface area contributed by atoms with E-state index in [4.69, 9.17) is 4.42 Å². The van der Waals surface area contributed by atoms with Crippen LogP contribution in [0.3, 0.4) is 0 Å². The number of anilines is 3. The summed E-state index contributed by atoms with van der Waals surface area (Å²) in [4.78, 5) is 2.47. The molecule has 0 bridgehead atoms. The third-order valence-corrected chi connectivity index (χ3v) is 14.5. The highest BCUT2D eigenvalue weighted by Gasteiger charge is 2.48. The summed E-state index contributed by atoms with van der Waals surface area (Å²) in [6.07, 6.45) is 0. The first-order valence-corrected chi connectivity index (χ1v) is 23.0. The van der Waals surface area contributed by atoms with Crippen molar-refractivity contribution in [1.82, 2.24) is 0 Å². The highest BCUT2D eigenvalue weighted by molar-refractivity contribution is 6.18. The minimum Gasteiger partial charge on any atom is -0.456 e. The topological polar surface area (TPSA) is 16.4 Å². The minimum absolute atomic E-state index is 0.157. The van der Waals surface area contributed by atoms with Gasteiger partial charge in [-0.15, -0.1) is 0 Å². The predicted octanol–water partition coefficient (Wildman–Crippen LogP) is 17.1. The molecule has 0 amide bonds. The van der Waals surface area contributed by atoms with E-state index in [1.54, 1.807) is 0 Å². The summed E-state index contributed by atoms with van der Waals surface area (Å²) in [5.74, 6) is 0. The number of hydrogen-bond donors (Lipinski definition) is 0. The van der Waals surface area contributed by atoms with Gasteiger partial charge in [-0.3, -0.25) is 0 Å². The Morgan fingerprint density at radius 2 is 0.894 bits per heavy atom. The van der Waals surface area contributed by atoms with E-state index < -0.39 is 5.41 Å². The number of nitrogens with zero attached hydrogens (tertiary/aromatic N) is 1. The van der Waals surface area contributed by atoms with Crippen molar-refractivity contribution in [2.24, 2.45) is 0 Å². The summed E-state index contributed by atoms with van der Waals surface area (Å²) >= 11 is 0. The number of furan rings is 1. The molecule has 11 aromatic rings. The van der Waals surface area contributed by atoms with Crippen molar-refractivity contribution in [2.75, 3.05) is 4.90 Å². The lowest BCUT2D eigenvalue weighted by Crippen LogP contribution is -2.28. The van der Waals surface area contributed by atoms with Crippen LogP contribution in [0.5, 0.6) is 0 Å². The van der Waals surface area contributed by atoms with Gasteiger partial charge in [-0.05, 0) is 121 Å². The third-order valence-electron chi connectivity index (χ3n) is 14.5. The maximum absolute atomic E-state index is 6.89. The van der Waals surface area contributed by atoms with E-state index in [1.165, 1.54) is 72.3 Å². The highest BCUT2D eigenvalue weighted by atomic mass is 16.3. The summed E-state index contributed by atoms with van der Waals surface area (Å²) in [5, 5.41) is 2.25. The van der Waals surface area contributed by atoms with E-state index in [9.17, 15) is 0 Å². The fourth-order valence-electron chi connectivity index (χ4n) is 11.6. The molecule has 0 unspecified atom stereocenters. The summed E-state index contributed by atoms with van der Waals surface area (Å²) in [6, 6.07) is 87.0. The van der Waals surface area contributed by atoms with Crippen LogP contribution in [0.15, 0.2) is 241 Å². The first-order chi connectivity index (χ1) is 32.5. The molecule has 0 saturated heterocycles. The van der Waals surface area contributed by atoms with Gasteiger partial charge in [0.15, 0.2) is 0 Å². The quantitative estimate of drug-likeness (QED) is 0.159. The molecule has 1 heterocycles. The van der Waals surface area contributed by atoms with Gasteiger partial charge in [0.25, 0.3) is 0 Å². The zero-order valence-electron chi connectivity index (χ0n) is 36.9. The summed E-state index contributed by atoms with van der Waals surface area (Å²) in [6.45, 7) is 4.73. The fraction of sp³-hybridized carbons (Fsp3) is 0.0625. The molecule has 2 aliphatic carbocycles. The molecule has 2 nitrogen and oxygen atoms in total. The maximum Gasteiger partial charge on any atom is 0.136 e. The highest BCUT2D eigenvalue weighted by Crippen LogP contribution is 2.61. The molecular weight excluding hydrogens is 799 g/mol. The first-order valence-electron chi connectivity index (χ1n) is 23.0. The van der Waals surface area contributed by atoms with Crippen LogP contribution in [0.2, 0.25) is 0 Å². The van der Waals surface area contributed by atoms with Crippen LogP contribution in [-0.2, 0) is 10.8 Å². The molecule has 10 aromatic carbocycles. The van der Waals surface area contributed by atoms with E-state index in [0.29, 0.717) is 0 Å². The molecule has 0 radical (unpaired) electrons. The van der Waals surface area contributed by atoms with Crippen LogP contribution in [0.4, 0.5) is 17.1 Å². The van der Waals surface area contributed by atoms with E-state index in [2.05, 4.69) is 255 Å². The van der Waals surface area contributed by atoms with Gasteiger partial charge in [0, 0.05) is 38.8 Å². The molecule has 0 spiro atoms.